The molecule has 0 unspecified atom stereocenters. The fourth-order valence-electron chi connectivity index (χ4n) is 3.47. The van der Waals surface area contributed by atoms with E-state index in [0.29, 0.717) is 25.2 Å². The summed E-state index contributed by atoms with van der Waals surface area (Å²) in [4.78, 5) is 31.1. The standard InChI is InChI=1S/C17H27N5O2/c1-3-5-15(23)22-7-6-14-13(12-22)16(19-18-14)17(24)21-10-8-20(4-2)9-11-21/h3-12H2,1-2H3,(H,18,19). The van der Waals surface area contributed by atoms with Crippen molar-refractivity contribution in [1.82, 2.24) is 24.9 Å². The molecule has 0 spiro atoms. The van der Waals surface area contributed by atoms with Crippen LogP contribution in [0.15, 0.2) is 0 Å². The van der Waals surface area contributed by atoms with E-state index in [0.717, 1.165) is 56.8 Å². The molecule has 1 aromatic heterocycles. The van der Waals surface area contributed by atoms with Crippen LogP contribution in [0, 0.1) is 0 Å². The van der Waals surface area contributed by atoms with Gasteiger partial charge in [0.15, 0.2) is 5.69 Å². The number of carbonyl (C=O) groups excluding carboxylic acids is 2. The second-order valence-electron chi connectivity index (χ2n) is 6.57. The van der Waals surface area contributed by atoms with Gasteiger partial charge in [-0.25, -0.2) is 0 Å². The molecule has 1 aromatic rings. The van der Waals surface area contributed by atoms with Crippen LogP contribution >= 0.6 is 0 Å². The Bertz CT molecular complexity index is 604. The van der Waals surface area contributed by atoms with E-state index in [4.69, 9.17) is 0 Å². The van der Waals surface area contributed by atoms with Crippen LogP contribution in [0.25, 0.3) is 0 Å². The molecule has 7 nitrogen and oxygen atoms in total. The van der Waals surface area contributed by atoms with Crippen molar-refractivity contribution in [2.24, 2.45) is 0 Å². The molecule has 0 atom stereocenters. The molecule has 1 N–H and O–H groups in total. The molecule has 0 saturated carbocycles. The van der Waals surface area contributed by atoms with Gasteiger partial charge in [0.2, 0.25) is 5.91 Å². The molecule has 2 amide bonds. The molecule has 24 heavy (non-hydrogen) atoms. The highest BCUT2D eigenvalue weighted by Crippen LogP contribution is 2.22. The Morgan fingerprint density at radius 3 is 2.50 bits per heavy atom. The topological polar surface area (TPSA) is 72.5 Å². The number of nitrogens with one attached hydrogen (secondary N) is 1. The number of nitrogens with zero attached hydrogens (tertiary/aromatic N) is 4. The lowest BCUT2D eigenvalue weighted by atomic mass is 10.0. The molecule has 3 rings (SSSR count). The third kappa shape index (κ3) is 3.31. The van der Waals surface area contributed by atoms with Crippen molar-refractivity contribution in [2.75, 3.05) is 39.3 Å². The molecule has 1 saturated heterocycles. The lowest BCUT2D eigenvalue weighted by Gasteiger charge is -2.34. The van der Waals surface area contributed by atoms with Gasteiger partial charge in [-0.2, -0.15) is 5.10 Å². The van der Waals surface area contributed by atoms with Crippen molar-refractivity contribution in [2.45, 2.75) is 39.7 Å². The molecule has 2 aliphatic rings. The van der Waals surface area contributed by atoms with Crippen LogP contribution in [0.4, 0.5) is 0 Å². The van der Waals surface area contributed by atoms with E-state index < -0.39 is 0 Å². The molecule has 0 bridgehead atoms. The SMILES string of the molecule is CCCC(=O)N1CCc2[nH]nc(C(=O)N3CCN(CC)CC3)c2C1. The Kier molecular flexibility index (Phi) is 5.18. The van der Waals surface area contributed by atoms with Gasteiger partial charge in [-0.05, 0) is 13.0 Å². The molecule has 0 aromatic carbocycles. The van der Waals surface area contributed by atoms with Crippen molar-refractivity contribution in [3.63, 3.8) is 0 Å². The number of rotatable bonds is 4. The first-order valence-electron chi connectivity index (χ1n) is 8.99. The van der Waals surface area contributed by atoms with Crippen molar-refractivity contribution < 1.29 is 9.59 Å². The summed E-state index contributed by atoms with van der Waals surface area (Å²) in [6.07, 6.45) is 2.16. The average Bonchev–Trinajstić information content (AvgIpc) is 3.04. The number of hydrogen-bond acceptors (Lipinski definition) is 4. The largest absolute Gasteiger partial charge is 0.338 e. The van der Waals surface area contributed by atoms with Gasteiger partial charge in [0.25, 0.3) is 5.91 Å². The van der Waals surface area contributed by atoms with Crippen molar-refractivity contribution in [1.29, 1.82) is 0 Å². The van der Waals surface area contributed by atoms with Crippen LogP contribution in [0.1, 0.15) is 48.4 Å². The quantitative estimate of drug-likeness (QED) is 0.887. The zero-order valence-electron chi connectivity index (χ0n) is 14.7. The Labute approximate surface area is 143 Å². The number of hydrogen-bond donors (Lipinski definition) is 1. The summed E-state index contributed by atoms with van der Waals surface area (Å²) in [5.41, 5.74) is 2.42. The summed E-state index contributed by atoms with van der Waals surface area (Å²) in [7, 11) is 0. The Hall–Kier alpha value is -1.89. The smallest absolute Gasteiger partial charge is 0.274 e. The number of fused-ring (bicyclic) bond motifs is 1. The van der Waals surface area contributed by atoms with Gasteiger partial charge in [0.1, 0.15) is 0 Å². The van der Waals surface area contributed by atoms with E-state index in [1.54, 1.807) is 0 Å². The fourth-order valence-corrected chi connectivity index (χ4v) is 3.47. The van der Waals surface area contributed by atoms with Crippen LogP contribution in [0.3, 0.4) is 0 Å². The predicted octanol–water partition coefficient (Wildman–Crippen LogP) is 0.872. The molecule has 0 radical (unpaired) electrons. The van der Waals surface area contributed by atoms with Gasteiger partial charge < -0.3 is 14.7 Å². The highest BCUT2D eigenvalue weighted by atomic mass is 16.2. The van der Waals surface area contributed by atoms with Gasteiger partial charge in [0.05, 0.1) is 0 Å². The normalized spacial score (nSPS) is 18.6. The van der Waals surface area contributed by atoms with Crippen LogP contribution in [-0.4, -0.2) is 76.0 Å². The van der Waals surface area contributed by atoms with E-state index in [9.17, 15) is 9.59 Å². The van der Waals surface area contributed by atoms with E-state index in [2.05, 4.69) is 22.0 Å². The Morgan fingerprint density at radius 1 is 1.08 bits per heavy atom. The fraction of sp³-hybridized carbons (Fsp3) is 0.706. The van der Waals surface area contributed by atoms with Gasteiger partial charge in [-0.15, -0.1) is 0 Å². The highest BCUT2D eigenvalue weighted by molar-refractivity contribution is 5.94. The first-order valence-corrected chi connectivity index (χ1v) is 8.99. The molecular weight excluding hydrogens is 306 g/mol. The molecule has 1 fully saturated rings. The second-order valence-corrected chi connectivity index (χ2v) is 6.57. The minimum Gasteiger partial charge on any atom is -0.338 e. The number of amides is 2. The van der Waals surface area contributed by atoms with Crippen LogP contribution in [0.5, 0.6) is 0 Å². The maximum absolute atomic E-state index is 12.9. The van der Waals surface area contributed by atoms with Gasteiger partial charge in [-0.3, -0.25) is 14.7 Å². The number of piperazine rings is 1. The Balaban J connectivity index is 1.71. The van der Waals surface area contributed by atoms with Crippen LogP contribution in [0.2, 0.25) is 0 Å². The molecule has 7 heteroatoms. The number of H-pyrrole nitrogens is 1. The third-order valence-electron chi connectivity index (χ3n) is 5.06. The summed E-state index contributed by atoms with van der Waals surface area (Å²) in [6.45, 7) is 9.69. The van der Waals surface area contributed by atoms with E-state index in [-0.39, 0.29) is 11.8 Å². The first kappa shape index (κ1) is 17.0. The van der Waals surface area contributed by atoms with E-state index >= 15 is 0 Å². The molecular formula is C17H27N5O2. The number of aromatic nitrogens is 2. The molecule has 2 aliphatic heterocycles. The number of aromatic amines is 1. The summed E-state index contributed by atoms with van der Waals surface area (Å²) in [5, 5.41) is 7.30. The maximum atomic E-state index is 12.9. The van der Waals surface area contributed by atoms with Gasteiger partial charge in [-0.1, -0.05) is 13.8 Å². The predicted molar refractivity (Wildman–Crippen MR) is 90.6 cm³/mol. The average molecular weight is 333 g/mol. The second kappa shape index (κ2) is 7.34. The summed E-state index contributed by atoms with van der Waals surface area (Å²) in [5.74, 6) is 0.160. The zero-order chi connectivity index (χ0) is 17.1. The monoisotopic (exact) mass is 333 g/mol. The van der Waals surface area contributed by atoms with Crippen molar-refractivity contribution >= 4 is 11.8 Å². The minimum absolute atomic E-state index is 0.00644. The highest BCUT2D eigenvalue weighted by Gasteiger charge is 2.30. The lowest BCUT2D eigenvalue weighted by molar-refractivity contribution is -0.132. The van der Waals surface area contributed by atoms with Crippen LogP contribution < -0.4 is 0 Å². The molecule has 3 heterocycles. The summed E-state index contributed by atoms with van der Waals surface area (Å²) < 4.78 is 0. The van der Waals surface area contributed by atoms with Gasteiger partial charge in [0, 0.05) is 63.4 Å². The van der Waals surface area contributed by atoms with Crippen molar-refractivity contribution in [3.05, 3.63) is 17.0 Å². The Morgan fingerprint density at radius 2 is 1.83 bits per heavy atom. The number of carbonyl (C=O) groups is 2. The lowest BCUT2D eigenvalue weighted by Crippen LogP contribution is -2.48. The van der Waals surface area contributed by atoms with Crippen LogP contribution in [-0.2, 0) is 17.8 Å². The maximum Gasteiger partial charge on any atom is 0.274 e. The first-order chi connectivity index (χ1) is 11.6. The number of likely N-dealkylation sites (N-methyl/N-ethyl adjacent to an activating group) is 1. The van der Waals surface area contributed by atoms with Crippen molar-refractivity contribution in [3.8, 4) is 0 Å². The third-order valence-corrected chi connectivity index (χ3v) is 5.06. The molecule has 132 valence electrons. The van der Waals surface area contributed by atoms with E-state index in [1.165, 1.54) is 0 Å². The van der Waals surface area contributed by atoms with Gasteiger partial charge >= 0.3 is 0 Å². The summed E-state index contributed by atoms with van der Waals surface area (Å²) in [6, 6.07) is 0. The minimum atomic E-state index is -0.00644. The molecule has 0 aliphatic carbocycles. The van der Waals surface area contributed by atoms with E-state index in [1.807, 2.05) is 16.7 Å². The summed E-state index contributed by atoms with van der Waals surface area (Å²) >= 11 is 0. The zero-order valence-corrected chi connectivity index (χ0v) is 14.7.